The molecule has 2 bridgehead atoms. The number of alkyl halides is 2. The Labute approximate surface area is 184 Å². The molecule has 32 heavy (non-hydrogen) atoms. The van der Waals surface area contributed by atoms with Crippen LogP contribution in [0, 0.1) is 17.2 Å². The number of hydrogen-bond donors (Lipinski definition) is 0. The van der Waals surface area contributed by atoms with Crippen LogP contribution < -0.4 is 9.64 Å². The molecule has 2 aromatic heterocycles. The summed E-state index contributed by atoms with van der Waals surface area (Å²) in [4.78, 5) is 24.8. The van der Waals surface area contributed by atoms with Crippen LogP contribution in [0.1, 0.15) is 24.5 Å². The van der Waals surface area contributed by atoms with Crippen molar-refractivity contribution in [1.82, 2.24) is 14.9 Å². The fourth-order valence-electron chi connectivity index (χ4n) is 4.48. The normalized spacial score (nSPS) is 22.8. The van der Waals surface area contributed by atoms with Crippen molar-refractivity contribution in [3.63, 3.8) is 0 Å². The van der Waals surface area contributed by atoms with Gasteiger partial charge in [0.25, 0.3) is 5.92 Å². The minimum Gasteiger partial charge on any atom is -0.481 e. The van der Waals surface area contributed by atoms with Crippen LogP contribution in [0.5, 0.6) is 5.88 Å². The molecule has 4 rings (SSSR count). The average Bonchev–Trinajstić information content (AvgIpc) is 3.01. The number of aromatic nitrogens is 2. The summed E-state index contributed by atoms with van der Waals surface area (Å²) in [7, 11) is 1.35. The van der Waals surface area contributed by atoms with Crippen LogP contribution >= 0.6 is 0 Å². The highest BCUT2D eigenvalue weighted by Crippen LogP contribution is 2.38. The third-order valence-electron chi connectivity index (χ3n) is 6.11. The summed E-state index contributed by atoms with van der Waals surface area (Å²) in [5, 5.41) is 8.98. The Hall–Kier alpha value is -3.54. The number of piperazine rings is 1. The summed E-state index contributed by atoms with van der Waals surface area (Å²) >= 11 is 0. The van der Waals surface area contributed by atoms with E-state index < -0.39 is 11.8 Å². The number of ether oxygens (including phenoxy) is 1. The Morgan fingerprint density at radius 1 is 1.31 bits per heavy atom. The van der Waals surface area contributed by atoms with Crippen molar-refractivity contribution in [2.45, 2.75) is 31.4 Å². The van der Waals surface area contributed by atoms with E-state index in [1.807, 2.05) is 6.07 Å². The van der Waals surface area contributed by atoms with Gasteiger partial charge in [-0.05, 0) is 36.6 Å². The van der Waals surface area contributed by atoms with Gasteiger partial charge in [-0.25, -0.2) is 9.97 Å². The maximum atomic E-state index is 14.6. The van der Waals surface area contributed by atoms with E-state index in [-0.39, 0.29) is 23.5 Å². The lowest BCUT2D eigenvalue weighted by atomic mass is 10.0. The fraction of sp³-hybridized carbons (Fsp3) is 0.391. The first kappa shape index (κ1) is 21.7. The summed E-state index contributed by atoms with van der Waals surface area (Å²) in [6.45, 7) is 2.98. The topological polar surface area (TPSA) is 82.4 Å². The molecule has 3 atom stereocenters. The molecule has 2 aliphatic rings. The number of halogens is 2. The maximum Gasteiger partial charge on any atom is 0.292 e. The summed E-state index contributed by atoms with van der Waals surface area (Å²) in [6.07, 6.45) is 5.24. The molecule has 2 fully saturated rings. The number of anilines is 1. The van der Waals surface area contributed by atoms with Gasteiger partial charge in [0.15, 0.2) is 0 Å². The van der Waals surface area contributed by atoms with E-state index in [0.29, 0.717) is 30.6 Å². The maximum absolute atomic E-state index is 14.6. The Morgan fingerprint density at radius 3 is 2.78 bits per heavy atom. The number of nitrogens with zero attached hydrogens (tertiary/aromatic N) is 5. The predicted molar refractivity (Wildman–Crippen MR) is 113 cm³/mol. The van der Waals surface area contributed by atoms with Gasteiger partial charge in [0.05, 0.1) is 18.7 Å². The predicted octanol–water partition coefficient (Wildman–Crippen LogP) is 3.13. The summed E-state index contributed by atoms with van der Waals surface area (Å²) in [5.74, 6) is -2.59. The van der Waals surface area contributed by atoms with Crippen molar-refractivity contribution in [3.8, 4) is 11.9 Å². The highest BCUT2D eigenvalue weighted by atomic mass is 19.3. The molecule has 2 unspecified atom stereocenters. The number of hydrogen-bond acceptors (Lipinski definition) is 6. The lowest BCUT2D eigenvalue weighted by molar-refractivity contribution is -0.127. The molecule has 0 aromatic carbocycles. The minimum absolute atomic E-state index is 0.0384. The number of pyridine rings is 2. The zero-order chi connectivity index (χ0) is 22.9. The van der Waals surface area contributed by atoms with Crippen LogP contribution in [0.2, 0.25) is 0 Å². The second kappa shape index (κ2) is 8.54. The van der Waals surface area contributed by atoms with Gasteiger partial charge in [-0.15, -0.1) is 0 Å². The Bertz CT molecular complexity index is 1070. The van der Waals surface area contributed by atoms with E-state index in [0.717, 1.165) is 24.4 Å². The van der Waals surface area contributed by atoms with Crippen LogP contribution in [0.25, 0.3) is 0 Å². The zero-order valence-electron chi connectivity index (χ0n) is 17.8. The molecule has 9 heteroatoms. The van der Waals surface area contributed by atoms with Crippen molar-refractivity contribution >= 4 is 11.7 Å². The van der Waals surface area contributed by atoms with Gasteiger partial charge in [0, 0.05) is 49.2 Å². The third kappa shape index (κ3) is 4.13. The second-order valence-corrected chi connectivity index (χ2v) is 8.14. The molecular weight excluding hydrogens is 416 g/mol. The number of carbonyl (C=O) groups is 1. The monoisotopic (exact) mass is 439 g/mol. The van der Waals surface area contributed by atoms with Gasteiger partial charge in [-0.2, -0.15) is 14.0 Å². The first-order chi connectivity index (χ1) is 15.3. The number of fused-ring (bicyclic) bond motifs is 2. The molecule has 4 heterocycles. The van der Waals surface area contributed by atoms with Crippen molar-refractivity contribution < 1.29 is 18.3 Å². The number of methoxy groups -OCH3 is 1. The van der Waals surface area contributed by atoms with Gasteiger partial charge in [-0.3, -0.25) is 4.79 Å². The van der Waals surface area contributed by atoms with E-state index in [9.17, 15) is 13.6 Å². The zero-order valence-corrected chi connectivity index (χ0v) is 17.8. The van der Waals surface area contributed by atoms with Crippen LogP contribution in [0.3, 0.4) is 0 Å². The van der Waals surface area contributed by atoms with Crippen LogP contribution in [-0.4, -0.2) is 53.1 Å². The van der Waals surface area contributed by atoms with Crippen LogP contribution in [-0.2, 0) is 10.7 Å². The molecule has 0 radical (unpaired) electrons. The van der Waals surface area contributed by atoms with E-state index in [4.69, 9.17) is 10.00 Å². The van der Waals surface area contributed by atoms with E-state index >= 15 is 0 Å². The average molecular weight is 439 g/mol. The number of likely N-dealkylation sites (tertiary alicyclic amines) is 1. The molecule has 2 aromatic rings. The van der Waals surface area contributed by atoms with Crippen molar-refractivity contribution in [1.29, 1.82) is 5.26 Å². The highest BCUT2D eigenvalue weighted by Gasteiger charge is 2.45. The number of carbonyl (C=O) groups excluding carboxylic acids is 1. The van der Waals surface area contributed by atoms with Gasteiger partial charge in [0.2, 0.25) is 11.8 Å². The lowest BCUT2D eigenvalue weighted by Gasteiger charge is -2.42. The lowest BCUT2D eigenvalue weighted by Crippen LogP contribution is -2.56. The van der Waals surface area contributed by atoms with Gasteiger partial charge in [-0.1, -0.05) is 6.92 Å². The van der Waals surface area contributed by atoms with Crippen LogP contribution in [0.4, 0.5) is 14.6 Å². The molecule has 2 saturated heterocycles. The smallest absolute Gasteiger partial charge is 0.292 e. The largest absolute Gasteiger partial charge is 0.481 e. The van der Waals surface area contributed by atoms with Crippen molar-refractivity contribution in [2.75, 3.05) is 25.1 Å². The quantitative estimate of drug-likeness (QED) is 0.666. The van der Waals surface area contributed by atoms with E-state index in [1.165, 1.54) is 25.6 Å². The highest BCUT2D eigenvalue weighted by molar-refractivity contribution is 5.88. The van der Waals surface area contributed by atoms with E-state index in [2.05, 4.69) is 27.9 Å². The number of nitriles is 1. The number of amides is 1. The van der Waals surface area contributed by atoms with Gasteiger partial charge in [0.1, 0.15) is 11.9 Å². The molecule has 0 saturated carbocycles. The molecule has 0 aliphatic carbocycles. The summed E-state index contributed by atoms with van der Waals surface area (Å²) in [6, 6.07) is 8.04. The SMILES string of the molecule is COc1cc(C(F)(F)/C=C/C(=O)N2CC3C[C@H](C)C(C2)N3c2ccc(C#N)cn2)ccn1. The first-order valence-electron chi connectivity index (χ1n) is 10.3. The second-order valence-electron chi connectivity index (χ2n) is 8.14. The Balaban J connectivity index is 1.47. The fourth-order valence-corrected chi connectivity index (χ4v) is 4.48. The van der Waals surface area contributed by atoms with Crippen molar-refractivity contribution in [2.24, 2.45) is 5.92 Å². The van der Waals surface area contributed by atoms with Gasteiger partial charge >= 0.3 is 0 Å². The first-order valence-corrected chi connectivity index (χ1v) is 10.3. The Kier molecular flexibility index (Phi) is 5.78. The van der Waals surface area contributed by atoms with Crippen molar-refractivity contribution in [3.05, 3.63) is 59.9 Å². The molecule has 2 aliphatic heterocycles. The van der Waals surface area contributed by atoms with E-state index in [1.54, 1.807) is 11.0 Å². The molecular formula is C23H23F2N5O2. The number of rotatable bonds is 5. The summed E-state index contributed by atoms with van der Waals surface area (Å²) < 4.78 is 34.1. The van der Waals surface area contributed by atoms with Gasteiger partial charge < -0.3 is 14.5 Å². The minimum atomic E-state index is -3.33. The molecule has 0 N–H and O–H groups in total. The molecule has 0 spiro atoms. The standard InChI is InChI=1S/C23H23F2N5O2/c1-15-9-18-13-29(14-19(15)30(18)20-4-3-16(11-26)12-28-20)22(31)5-7-23(24,25)17-6-8-27-21(10-17)32-2/h3-8,10,12,15,18-19H,9,13-14H2,1-2H3/b7-5+/t15-,18?,19?/m0/s1. The summed E-state index contributed by atoms with van der Waals surface area (Å²) in [5.41, 5.74) is 0.194. The third-order valence-corrected chi connectivity index (χ3v) is 6.11. The molecule has 7 nitrogen and oxygen atoms in total. The molecule has 166 valence electrons. The molecule has 1 amide bonds. The Morgan fingerprint density at radius 2 is 2.12 bits per heavy atom. The van der Waals surface area contributed by atoms with Crippen LogP contribution in [0.15, 0.2) is 48.8 Å². The number of allylic oxidation sites excluding steroid dienone is 1.